The van der Waals surface area contributed by atoms with Gasteiger partial charge in [-0.15, -0.1) is 45.3 Å². The summed E-state index contributed by atoms with van der Waals surface area (Å²) in [5.41, 5.74) is 33.9. The molecular formula is C133H85Br3ClN7O2S4. The molecular weight excluding hydrogens is 2130 g/mol. The van der Waals surface area contributed by atoms with Crippen molar-refractivity contribution < 1.29 is 9.59 Å². The highest BCUT2D eigenvalue weighted by atomic mass is 79.9. The second-order valence-corrected chi connectivity index (χ2v) is 44.1. The zero-order valence-corrected chi connectivity index (χ0v) is 88.9. The van der Waals surface area contributed by atoms with E-state index in [9.17, 15) is 9.59 Å². The first kappa shape index (κ1) is 94.6. The number of aromatic nitrogens is 5. The Kier molecular flexibility index (Phi) is 25.9. The Morgan fingerprint density at radius 3 is 1.22 bits per heavy atom. The molecule has 0 spiro atoms. The van der Waals surface area contributed by atoms with Crippen LogP contribution in [0.3, 0.4) is 0 Å². The van der Waals surface area contributed by atoms with Crippen LogP contribution in [0.25, 0.3) is 219 Å². The number of hydrogen-bond acceptors (Lipinski definition) is 9. The summed E-state index contributed by atoms with van der Waals surface area (Å²) in [7, 11) is 0. The third-order valence-corrected chi connectivity index (χ3v) is 34.1. The van der Waals surface area contributed by atoms with E-state index in [1.165, 1.54) is 170 Å². The topological polar surface area (TPSA) is 113 Å². The summed E-state index contributed by atoms with van der Waals surface area (Å²) in [6, 6.07) is 169. The van der Waals surface area contributed by atoms with Gasteiger partial charge in [0, 0.05) is 184 Å². The first-order valence-electron chi connectivity index (χ1n) is 49.2. The molecule has 1 aliphatic carbocycles. The molecule has 150 heavy (non-hydrogen) atoms. The molecule has 30 rings (SSSR count). The number of carbonyl (C=O) groups excluding carboxylic acids is 2. The number of nitrogens with zero attached hydrogens (tertiary/aromatic N) is 5. The van der Waals surface area contributed by atoms with Gasteiger partial charge < -0.3 is 24.8 Å². The Labute approximate surface area is 909 Å². The third kappa shape index (κ3) is 18.0. The normalized spacial score (nSPS) is 11.5. The first-order valence-corrected chi connectivity index (χ1v) is 55.2. The van der Waals surface area contributed by atoms with Crippen LogP contribution in [0.5, 0.6) is 0 Å². The third-order valence-electron chi connectivity index (χ3n) is 27.7. The van der Waals surface area contributed by atoms with Crippen LogP contribution in [0, 0.1) is 0 Å². The molecule has 20 aromatic carbocycles. The Morgan fingerprint density at radius 1 is 0.300 bits per heavy atom. The van der Waals surface area contributed by atoms with Crippen LogP contribution in [-0.4, -0.2) is 34.8 Å². The van der Waals surface area contributed by atoms with Crippen molar-refractivity contribution in [3.63, 3.8) is 0 Å². The largest absolute Gasteiger partial charge is 0.398 e. The van der Waals surface area contributed by atoms with E-state index in [-0.39, 0.29) is 5.91 Å². The van der Waals surface area contributed by atoms with E-state index in [2.05, 4.69) is 443 Å². The summed E-state index contributed by atoms with van der Waals surface area (Å²) in [4.78, 5) is 35.9. The number of fused-ring (bicyclic) bond motifs is 26. The van der Waals surface area contributed by atoms with Crippen LogP contribution in [0.1, 0.15) is 31.8 Å². The average molecular weight is 2220 g/mol. The van der Waals surface area contributed by atoms with Crippen molar-refractivity contribution in [3.8, 4) is 71.6 Å². The van der Waals surface area contributed by atoms with E-state index < -0.39 is 5.24 Å². The summed E-state index contributed by atoms with van der Waals surface area (Å²) >= 11 is 22.7. The molecule has 9 aromatic heterocycles. The molecule has 0 saturated carbocycles. The maximum absolute atomic E-state index is 12.6. The van der Waals surface area contributed by atoms with Gasteiger partial charge in [0.25, 0.3) is 11.1 Å². The highest BCUT2D eigenvalue weighted by Gasteiger charge is 2.28. The van der Waals surface area contributed by atoms with Gasteiger partial charge in [-0.3, -0.25) is 9.59 Å². The van der Waals surface area contributed by atoms with Crippen molar-refractivity contribution in [2.45, 2.75) is 6.42 Å². The van der Waals surface area contributed by atoms with Crippen molar-refractivity contribution in [2.24, 2.45) is 0 Å². The number of pyridine rings is 2. The van der Waals surface area contributed by atoms with Crippen LogP contribution < -0.4 is 11.1 Å². The van der Waals surface area contributed by atoms with E-state index >= 15 is 0 Å². The van der Waals surface area contributed by atoms with Crippen LogP contribution in [-0.2, 0) is 6.42 Å². The minimum Gasteiger partial charge on any atom is -0.398 e. The maximum Gasteiger partial charge on any atom is 0.255 e. The standard InChI is InChI=1S/C45H27N3S.C25H17N.C21H14BrNOS.C21H12BrNS.C14H11NS.C7H4BrClO/c1-2-14-29(15-3-1)47-38-22-9-5-17-31(38)33-25-26-34-32-18-6-10-23-39(32)48(44(34)43(33)47)30-16-12-13-28(27-30)42-41-36-20-7-11-24-40(36)49-45(41)35-19-4-8-21-37(35)46-42;1-2-9-18(10-3-1)26-24-13-7-6-12-21(24)22-15-14-20-19-11-5-4-8-17(19)16-23(20)25(22)26;22-16-8-5-7-15(12-16)21(24)23-18-10-3-2-9-17(18)20-13-14-6-1-4-11-19(14)25-20;22-14-7-5-6-13(12-14)20-19-16-9-2-4-11-18(16)24-21(19)15-8-1-3-10-17(15)23-20;15-12-7-3-2-6-11(12)14-9-10-5-1-4-8-13(10)16-14;8-6-3-1-2-5(4-6)7(9)10/h1-27H;1-15H,16H2;1-13H,(H,23,24);1-12H;1-9H,15H2;1-4H. The minimum atomic E-state index is -0.429. The van der Waals surface area contributed by atoms with Crippen molar-refractivity contribution in [1.82, 2.24) is 23.7 Å². The number of amides is 1. The summed E-state index contributed by atoms with van der Waals surface area (Å²) in [6.07, 6.45) is 1.01. The highest BCUT2D eigenvalue weighted by molar-refractivity contribution is 9.11. The van der Waals surface area contributed by atoms with Crippen molar-refractivity contribution in [1.29, 1.82) is 0 Å². The van der Waals surface area contributed by atoms with Gasteiger partial charge in [-0.2, -0.15) is 0 Å². The quantitative estimate of drug-likeness (QED) is 0.105. The zero-order valence-electron chi connectivity index (χ0n) is 80.2. The average Bonchev–Trinajstić information content (AvgIpc) is 1.54. The molecule has 0 bridgehead atoms. The van der Waals surface area contributed by atoms with E-state index in [0.29, 0.717) is 11.1 Å². The fourth-order valence-corrected chi connectivity index (χ4v) is 27.0. The van der Waals surface area contributed by atoms with E-state index in [1.54, 1.807) is 40.9 Å². The zero-order chi connectivity index (χ0) is 101. The molecule has 0 fully saturated rings. The second kappa shape index (κ2) is 41.1. The maximum atomic E-state index is 12.6. The lowest BCUT2D eigenvalue weighted by molar-refractivity contribution is 0.102. The highest BCUT2D eigenvalue weighted by Crippen LogP contribution is 2.50. The number of rotatable bonds is 10. The van der Waals surface area contributed by atoms with Gasteiger partial charge in [0.05, 0.1) is 55.5 Å². The van der Waals surface area contributed by atoms with Gasteiger partial charge >= 0.3 is 0 Å². The second-order valence-electron chi connectivity index (χ2n) is 36.7. The van der Waals surface area contributed by atoms with Crippen molar-refractivity contribution >= 4 is 275 Å². The van der Waals surface area contributed by atoms with Gasteiger partial charge in [-0.25, -0.2) is 9.97 Å². The number of hydrogen-bond donors (Lipinski definition) is 2. The number of nitrogens with two attached hydrogens (primary N) is 1. The molecule has 17 heteroatoms. The molecule has 0 radical (unpaired) electrons. The van der Waals surface area contributed by atoms with Crippen LogP contribution in [0.4, 0.5) is 11.4 Å². The smallest absolute Gasteiger partial charge is 0.255 e. The molecule has 29 aromatic rings. The lowest BCUT2D eigenvalue weighted by atomic mass is 10.0. The van der Waals surface area contributed by atoms with Gasteiger partial charge in [-0.1, -0.05) is 375 Å². The summed E-state index contributed by atoms with van der Waals surface area (Å²) < 4.78 is 17.9. The summed E-state index contributed by atoms with van der Waals surface area (Å²) in [5, 5.41) is 20.2. The van der Waals surface area contributed by atoms with E-state index in [1.807, 2.05) is 114 Å². The number of anilines is 2. The van der Waals surface area contributed by atoms with Gasteiger partial charge in [0.1, 0.15) is 0 Å². The lowest BCUT2D eigenvalue weighted by Crippen LogP contribution is -2.12. The fourth-order valence-electron chi connectivity index (χ4n) is 21.0. The van der Waals surface area contributed by atoms with Gasteiger partial charge in [-0.05, 0) is 202 Å². The van der Waals surface area contributed by atoms with Gasteiger partial charge in [0.2, 0.25) is 0 Å². The molecule has 0 atom stereocenters. The Bertz CT molecular complexity index is 10300. The number of nitrogens with one attached hydrogen (secondary N) is 1. The summed E-state index contributed by atoms with van der Waals surface area (Å²) in [5.74, 6) is -0.116. The predicted octanol–water partition coefficient (Wildman–Crippen LogP) is 39.4. The Hall–Kier alpha value is -16.4. The van der Waals surface area contributed by atoms with Gasteiger partial charge in [0.15, 0.2) is 0 Å². The molecule has 3 N–H and O–H groups in total. The first-order chi connectivity index (χ1) is 73.8. The van der Waals surface area contributed by atoms with Crippen LogP contribution >= 0.6 is 105 Å². The number of halogens is 4. The van der Waals surface area contributed by atoms with Crippen molar-refractivity contribution in [3.05, 3.63) is 521 Å². The fraction of sp³-hybridized carbons (Fsp3) is 0.00752. The van der Waals surface area contributed by atoms with E-state index in [4.69, 9.17) is 27.3 Å². The Morgan fingerprint density at radius 2 is 0.693 bits per heavy atom. The van der Waals surface area contributed by atoms with E-state index in [0.717, 1.165) is 92.1 Å². The summed E-state index contributed by atoms with van der Waals surface area (Å²) in [6.45, 7) is 0. The molecule has 9 nitrogen and oxygen atoms in total. The molecule has 0 unspecified atom stereocenters. The van der Waals surface area contributed by atoms with Crippen LogP contribution in [0.15, 0.2) is 499 Å². The molecule has 0 saturated heterocycles. The number of carbonyl (C=O) groups is 2. The molecule has 9 heterocycles. The minimum absolute atomic E-state index is 0.116. The molecule has 1 aliphatic rings. The molecule has 0 aliphatic heterocycles. The lowest BCUT2D eigenvalue weighted by Gasteiger charge is -2.14. The number of thiophene rings is 4. The predicted molar refractivity (Wildman–Crippen MR) is 651 cm³/mol. The Balaban J connectivity index is 0.0000000995. The molecule has 716 valence electrons. The van der Waals surface area contributed by atoms with Crippen molar-refractivity contribution in [2.75, 3.05) is 11.1 Å². The number of benzene rings is 20. The SMILES string of the molecule is Brc1cccc(-c2nc3ccccc3c3sc4ccccc4c23)c1.Nc1ccccc1-c1cc2ccccc2s1.O=C(Cl)c1cccc(Br)c1.O=C(Nc1ccccc1-c1cc2ccccc2s1)c1cccc(Br)c1.c1ccc(-n2c3ccccc3c3ccc4c(c32)Cc2ccccc2-4)cc1.c1ccc(-n2c3ccccc3c3ccc4c5ccccc5n(-c5cccc(-c6nc7ccccc7c7sc8ccccc8c67)c5)c4c32)cc1. The van der Waals surface area contributed by atoms with Crippen LogP contribution in [0.2, 0.25) is 0 Å². The molecule has 1 amide bonds. The number of para-hydroxylation sites is 9. The number of nitrogen functional groups attached to an aromatic ring is 1. The monoisotopic (exact) mass is 2210 g/mol.